The Morgan fingerprint density at radius 2 is 1.95 bits per heavy atom. The van der Waals surface area contributed by atoms with Gasteiger partial charge in [-0.2, -0.15) is 0 Å². The highest BCUT2D eigenvalue weighted by Crippen LogP contribution is 2.16. The first-order chi connectivity index (χ1) is 10.2. The van der Waals surface area contributed by atoms with Crippen LogP contribution in [0.15, 0.2) is 73.8 Å². The summed E-state index contributed by atoms with van der Waals surface area (Å²) in [5.41, 5.74) is 0.738. The van der Waals surface area contributed by atoms with E-state index in [9.17, 15) is 4.79 Å². The van der Waals surface area contributed by atoms with E-state index in [-0.39, 0.29) is 5.78 Å². The average Bonchev–Trinajstić information content (AvgIpc) is 3.00. The minimum atomic E-state index is 0.0961. The summed E-state index contributed by atoms with van der Waals surface area (Å²) in [6.45, 7) is 5.58. The number of hydrogen-bond donors (Lipinski definition) is 0. The van der Waals surface area contributed by atoms with Gasteiger partial charge in [-0.3, -0.25) is 4.79 Å². The first-order valence-electron chi connectivity index (χ1n) is 6.79. The molecular formula is C18H18N2O. The highest BCUT2D eigenvalue weighted by Gasteiger charge is 2.06. The van der Waals surface area contributed by atoms with E-state index < -0.39 is 0 Å². The molecule has 0 saturated carbocycles. The monoisotopic (exact) mass is 278 g/mol. The number of Topliss-reactive ketones (excluding diaryl/α,β-unsaturated/α-hetero) is 1. The predicted octanol–water partition coefficient (Wildman–Crippen LogP) is 4.11. The molecule has 106 valence electrons. The van der Waals surface area contributed by atoms with Gasteiger partial charge in [0.25, 0.3) is 0 Å². The van der Waals surface area contributed by atoms with Gasteiger partial charge < -0.3 is 4.57 Å². The quantitative estimate of drug-likeness (QED) is 0.534. The summed E-state index contributed by atoms with van der Waals surface area (Å²) in [5, 5.41) is 2.24. The van der Waals surface area contributed by atoms with Gasteiger partial charge in [0.2, 0.25) is 0 Å². The molecule has 1 heterocycles. The van der Waals surface area contributed by atoms with Crippen molar-refractivity contribution in [3.8, 4) is 0 Å². The van der Waals surface area contributed by atoms with Crippen molar-refractivity contribution in [3.63, 3.8) is 0 Å². The molecule has 0 aliphatic rings. The highest BCUT2D eigenvalue weighted by molar-refractivity contribution is 5.99. The molecule has 0 aliphatic heterocycles. The van der Waals surface area contributed by atoms with Gasteiger partial charge in [-0.15, -0.1) is 6.58 Å². The Labute approximate surface area is 124 Å². The molecule has 1 aromatic heterocycles. The lowest BCUT2D eigenvalue weighted by Crippen LogP contribution is -2.08. The van der Waals surface area contributed by atoms with Crippen molar-refractivity contribution in [1.82, 2.24) is 9.55 Å². The van der Waals surface area contributed by atoms with Gasteiger partial charge in [0, 0.05) is 18.0 Å². The SMILES string of the molecule is C=CC.O=C(Cn1ccnc1)c1ccc2ccccc2c1. The van der Waals surface area contributed by atoms with E-state index in [0.717, 1.165) is 16.3 Å². The van der Waals surface area contributed by atoms with E-state index >= 15 is 0 Å². The normalized spacial score (nSPS) is 9.76. The number of nitrogens with zero attached hydrogens (tertiary/aromatic N) is 2. The predicted molar refractivity (Wildman–Crippen MR) is 86.4 cm³/mol. The maximum atomic E-state index is 12.1. The Morgan fingerprint density at radius 1 is 1.24 bits per heavy atom. The minimum absolute atomic E-state index is 0.0961. The molecule has 0 bridgehead atoms. The highest BCUT2D eigenvalue weighted by atomic mass is 16.1. The topological polar surface area (TPSA) is 34.9 Å². The van der Waals surface area contributed by atoms with Crippen LogP contribution in [0.5, 0.6) is 0 Å². The van der Waals surface area contributed by atoms with E-state index in [0.29, 0.717) is 6.54 Å². The maximum absolute atomic E-state index is 12.1. The van der Waals surface area contributed by atoms with Gasteiger partial charge in [0.1, 0.15) is 0 Å². The smallest absolute Gasteiger partial charge is 0.182 e. The summed E-state index contributed by atoms with van der Waals surface area (Å²) in [4.78, 5) is 16.0. The van der Waals surface area contributed by atoms with Gasteiger partial charge in [0.15, 0.2) is 5.78 Å². The second kappa shape index (κ2) is 7.20. The second-order valence-corrected chi connectivity index (χ2v) is 4.63. The fourth-order valence-electron chi connectivity index (χ4n) is 2.00. The Balaban J connectivity index is 0.000000497. The fraction of sp³-hybridized carbons (Fsp3) is 0.111. The number of benzene rings is 2. The number of imidazole rings is 1. The summed E-state index contributed by atoms with van der Waals surface area (Å²) in [7, 11) is 0. The van der Waals surface area contributed by atoms with Crippen LogP contribution in [0.3, 0.4) is 0 Å². The molecule has 3 aromatic rings. The molecular weight excluding hydrogens is 260 g/mol. The molecule has 2 aromatic carbocycles. The first kappa shape index (κ1) is 14.7. The van der Waals surface area contributed by atoms with E-state index in [4.69, 9.17) is 0 Å². The van der Waals surface area contributed by atoms with E-state index in [2.05, 4.69) is 11.6 Å². The van der Waals surface area contributed by atoms with Crippen molar-refractivity contribution in [3.05, 3.63) is 79.4 Å². The number of ketones is 1. The molecule has 0 atom stereocenters. The first-order valence-corrected chi connectivity index (χ1v) is 6.79. The molecule has 0 amide bonds. The van der Waals surface area contributed by atoms with Crippen LogP contribution in [0.2, 0.25) is 0 Å². The molecule has 21 heavy (non-hydrogen) atoms. The summed E-state index contributed by atoms with van der Waals surface area (Å²) in [5.74, 6) is 0.0961. The van der Waals surface area contributed by atoms with Crippen LogP contribution in [0.1, 0.15) is 17.3 Å². The number of hydrogen-bond acceptors (Lipinski definition) is 2. The number of carbonyl (C=O) groups excluding carboxylic acids is 1. The summed E-state index contributed by atoms with van der Waals surface area (Å²) in [6.07, 6.45) is 6.87. The van der Waals surface area contributed by atoms with Crippen molar-refractivity contribution in [1.29, 1.82) is 0 Å². The molecule has 3 rings (SSSR count). The molecule has 0 radical (unpaired) electrons. The van der Waals surface area contributed by atoms with Crippen LogP contribution in [0.4, 0.5) is 0 Å². The zero-order valence-electron chi connectivity index (χ0n) is 12.1. The van der Waals surface area contributed by atoms with Gasteiger partial charge in [-0.1, -0.05) is 42.5 Å². The average molecular weight is 278 g/mol. The maximum Gasteiger partial charge on any atom is 0.182 e. The van der Waals surface area contributed by atoms with Gasteiger partial charge in [-0.25, -0.2) is 4.98 Å². The van der Waals surface area contributed by atoms with Crippen molar-refractivity contribution in [2.24, 2.45) is 0 Å². The zero-order chi connectivity index (χ0) is 15.1. The third kappa shape index (κ3) is 3.89. The molecule has 0 aliphatic carbocycles. The molecule has 0 spiro atoms. The van der Waals surface area contributed by atoms with Crippen molar-refractivity contribution < 1.29 is 4.79 Å². The van der Waals surface area contributed by atoms with Crippen LogP contribution in [0, 0.1) is 0 Å². The summed E-state index contributed by atoms with van der Waals surface area (Å²) < 4.78 is 1.78. The molecule has 0 saturated heterocycles. The molecule has 0 N–H and O–H groups in total. The summed E-state index contributed by atoms with van der Waals surface area (Å²) in [6, 6.07) is 13.8. The number of fused-ring (bicyclic) bond motifs is 1. The third-order valence-corrected chi connectivity index (χ3v) is 2.96. The van der Waals surface area contributed by atoms with Crippen LogP contribution in [0.25, 0.3) is 10.8 Å². The molecule has 0 unspecified atom stereocenters. The van der Waals surface area contributed by atoms with Crippen LogP contribution in [-0.4, -0.2) is 15.3 Å². The largest absolute Gasteiger partial charge is 0.330 e. The standard InChI is InChI=1S/C15H12N2O.C3H6/c18-15(10-17-8-7-16-11-17)14-6-5-12-3-1-2-4-13(12)9-14;1-3-2/h1-9,11H,10H2;3H,1H2,2H3. The number of aromatic nitrogens is 2. The van der Waals surface area contributed by atoms with E-state index in [1.165, 1.54) is 0 Å². The molecule has 3 heteroatoms. The Hall–Kier alpha value is -2.68. The number of carbonyl (C=O) groups is 1. The number of allylic oxidation sites excluding steroid dienone is 1. The van der Waals surface area contributed by atoms with Gasteiger partial charge >= 0.3 is 0 Å². The Morgan fingerprint density at radius 3 is 2.62 bits per heavy atom. The second-order valence-electron chi connectivity index (χ2n) is 4.63. The van der Waals surface area contributed by atoms with Crippen LogP contribution < -0.4 is 0 Å². The minimum Gasteiger partial charge on any atom is -0.330 e. The van der Waals surface area contributed by atoms with Gasteiger partial charge in [0.05, 0.1) is 12.9 Å². The van der Waals surface area contributed by atoms with Crippen LogP contribution in [-0.2, 0) is 6.54 Å². The lowest BCUT2D eigenvalue weighted by molar-refractivity contribution is 0.0972. The van der Waals surface area contributed by atoms with Crippen molar-refractivity contribution >= 4 is 16.6 Å². The Kier molecular flexibility index (Phi) is 5.04. The zero-order valence-corrected chi connectivity index (χ0v) is 12.1. The number of rotatable bonds is 3. The summed E-state index contributed by atoms with van der Waals surface area (Å²) >= 11 is 0. The van der Waals surface area contributed by atoms with E-state index in [1.54, 1.807) is 29.4 Å². The lowest BCUT2D eigenvalue weighted by Gasteiger charge is -2.04. The molecule has 3 nitrogen and oxygen atoms in total. The Bertz CT molecular complexity index is 730. The third-order valence-electron chi connectivity index (χ3n) is 2.96. The van der Waals surface area contributed by atoms with Crippen molar-refractivity contribution in [2.45, 2.75) is 13.5 Å². The fourth-order valence-corrected chi connectivity index (χ4v) is 2.00. The molecule has 0 fully saturated rings. The van der Waals surface area contributed by atoms with Crippen LogP contribution >= 0.6 is 0 Å². The van der Waals surface area contributed by atoms with Crippen molar-refractivity contribution in [2.75, 3.05) is 0 Å². The lowest BCUT2D eigenvalue weighted by atomic mass is 10.0. The van der Waals surface area contributed by atoms with E-state index in [1.807, 2.05) is 49.4 Å². The van der Waals surface area contributed by atoms with Gasteiger partial charge in [-0.05, 0) is 23.8 Å².